The Morgan fingerprint density at radius 3 is 2.11 bits per heavy atom. The molecule has 0 saturated heterocycles. The van der Waals surface area contributed by atoms with Crippen molar-refractivity contribution in [2.24, 2.45) is 0 Å². The Bertz CT molecular complexity index is 1290. The number of nitrogens with zero attached hydrogens (tertiary/aromatic N) is 1. The molecule has 0 saturated carbocycles. The molecule has 5 rings (SSSR count). The lowest BCUT2D eigenvalue weighted by atomic mass is 9.96. The molecule has 136 valence electrons. The largest absolute Gasteiger partial charge is 0.329 e. The molecule has 2 heterocycles. The molecule has 1 atom stereocenters. The van der Waals surface area contributed by atoms with Crippen LogP contribution in [0.1, 0.15) is 24.8 Å². The summed E-state index contributed by atoms with van der Waals surface area (Å²) >= 11 is 1.82. The average molecular weight is 380 g/mol. The van der Waals surface area contributed by atoms with Crippen LogP contribution in [0.4, 0.5) is 0 Å². The van der Waals surface area contributed by atoms with Gasteiger partial charge in [-0.2, -0.15) is 0 Å². The van der Waals surface area contributed by atoms with Crippen LogP contribution in [0.15, 0.2) is 78.2 Å². The number of hydrogen-bond acceptors (Lipinski definition) is 1. The molecule has 0 amide bonds. The third-order valence-corrected chi connectivity index (χ3v) is 6.47. The maximum Gasteiger partial charge on any atom is 0.0843 e. The minimum atomic E-state index is 0.282. The molecule has 0 aliphatic carbocycles. The number of aromatic nitrogens is 1. The van der Waals surface area contributed by atoms with Crippen LogP contribution in [-0.4, -0.2) is 4.57 Å². The lowest BCUT2D eigenvalue weighted by molar-refractivity contribution is 0.834. The van der Waals surface area contributed by atoms with E-state index in [1.54, 1.807) is 0 Å². The Hall–Kier alpha value is -3.02. The zero-order valence-corrected chi connectivity index (χ0v) is 16.7. The Morgan fingerprint density at radius 1 is 0.821 bits per heavy atom. The summed E-state index contributed by atoms with van der Waals surface area (Å²) in [6, 6.07) is 25.9. The van der Waals surface area contributed by atoms with E-state index in [9.17, 15) is 0 Å². The first-order chi connectivity index (χ1) is 13.9. The highest BCUT2D eigenvalue weighted by molar-refractivity contribution is 7.17. The molecule has 0 spiro atoms. The first-order valence-electron chi connectivity index (χ1n) is 9.77. The van der Waals surface area contributed by atoms with Crippen LogP contribution in [0.5, 0.6) is 0 Å². The van der Waals surface area contributed by atoms with Gasteiger partial charge in [-0.3, -0.25) is 0 Å². The van der Waals surface area contributed by atoms with Gasteiger partial charge in [0.05, 0.1) is 6.54 Å². The maximum absolute atomic E-state index is 3.57. The lowest BCUT2D eigenvalue weighted by Crippen LogP contribution is -1.97. The maximum atomic E-state index is 3.57. The Labute approximate surface area is 169 Å². The first-order valence-corrected chi connectivity index (χ1v) is 10.6. The van der Waals surface area contributed by atoms with Crippen LogP contribution >= 0.6 is 11.3 Å². The number of rotatable bonds is 3. The van der Waals surface area contributed by atoms with E-state index in [0.29, 0.717) is 6.54 Å². The highest BCUT2D eigenvalue weighted by Crippen LogP contribution is 2.33. The zero-order chi connectivity index (χ0) is 18.9. The van der Waals surface area contributed by atoms with E-state index in [1.165, 1.54) is 37.5 Å². The summed E-state index contributed by atoms with van der Waals surface area (Å²) in [6.07, 6.45) is 1.03. The van der Waals surface area contributed by atoms with E-state index in [-0.39, 0.29) is 5.92 Å². The highest BCUT2D eigenvalue weighted by Gasteiger charge is 2.12. The van der Waals surface area contributed by atoms with Crippen LogP contribution in [0.2, 0.25) is 0 Å². The third kappa shape index (κ3) is 2.80. The first kappa shape index (κ1) is 17.1. The van der Waals surface area contributed by atoms with Crippen LogP contribution in [0.3, 0.4) is 0 Å². The van der Waals surface area contributed by atoms with Crippen molar-refractivity contribution in [2.45, 2.75) is 25.8 Å². The molecule has 1 nitrogen and oxygen atoms in total. The standard InChI is InChI=1S/C26H21NS/c1-2-19(23-18-28-26-16-8-5-13-22(23)26)10-9-17-27-24-14-6-3-11-20(24)21-12-4-7-15-25(21)27/h3-8,11-16,18-19H,2,17H2,1H3/t19-/m0/s1. The summed E-state index contributed by atoms with van der Waals surface area (Å²) in [7, 11) is 0. The molecule has 0 bridgehead atoms. The van der Waals surface area contributed by atoms with Gasteiger partial charge in [0.15, 0.2) is 0 Å². The summed E-state index contributed by atoms with van der Waals surface area (Å²) < 4.78 is 3.69. The van der Waals surface area contributed by atoms with Crippen molar-refractivity contribution in [2.75, 3.05) is 0 Å². The monoisotopic (exact) mass is 379 g/mol. The number of benzene rings is 3. The Balaban J connectivity index is 1.53. The molecular formula is C26H21NS. The van der Waals surface area contributed by atoms with Crippen molar-refractivity contribution in [1.29, 1.82) is 0 Å². The number of thiophene rings is 1. The molecule has 2 heteroatoms. The fourth-order valence-electron chi connectivity index (χ4n) is 4.09. The van der Waals surface area contributed by atoms with Crippen molar-refractivity contribution in [3.05, 3.63) is 83.7 Å². The predicted molar refractivity (Wildman–Crippen MR) is 122 cm³/mol. The second kappa shape index (κ2) is 7.19. The van der Waals surface area contributed by atoms with Gasteiger partial charge in [-0.25, -0.2) is 0 Å². The summed E-state index contributed by atoms with van der Waals surface area (Å²) in [5.74, 6) is 7.34. The average Bonchev–Trinajstić information content (AvgIpc) is 3.31. The van der Waals surface area contributed by atoms with Crippen molar-refractivity contribution in [3.63, 3.8) is 0 Å². The summed E-state index contributed by atoms with van der Waals surface area (Å²) in [5.41, 5.74) is 3.89. The van der Waals surface area contributed by atoms with Crippen LogP contribution in [0, 0.1) is 11.8 Å². The molecule has 0 fully saturated rings. The molecule has 0 aliphatic rings. The lowest BCUT2D eigenvalue weighted by Gasteiger charge is -2.07. The molecule has 0 radical (unpaired) electrons. The van der Waals surface area contributed by atoms with E-state index in [1.807, 2.05) is 11.3 Å². The quantitative estimate of drug-likeness (QED) is 0.292. The van der Waals surface area contributed by atoms with Crippen molar-refractivity contribution < 1.29 is 0 Å². The third-order valence-electron chi connectivity index (χ3n) is 5.49. The molecular weight excluding hydrogens is 358 g/mol. The Morgan fingerprint density at radius 2 is 1.43 bits per heavy atom. The normalized spacial score (nSPS) is 12.3. The van der Waals surface area contributed by atoms with E-state index < -0.39 is 0 Å². The second-order valence-corrected chi connectivity index (χ2v) is 8.00. The SMILES string of the molecule is CC[C@@H](C#CCn1c2ccccc2c2ccccc21)c1csc2ccccc12. The van der Waals surface area contributed by atoms with Crippen molar-refractivity contribution in [3.8, 4) is 11.8 Å². The van der Waals surface area contributed by atoms with Crippen LogP contribution in [0.25, 0.3) is 31.9 Å². The van der Waals surface area contributed by atoms with E-state index >= 15 is 0 Å². The molecule has 0 N–H and O–H groups in total. The second-order valence-electron chi connectivity index (χ2n) is 7.09. The van der Waals surface area contributed by atoms with Crippen molar-refractivity contribution in [1.82, 2.24) is 4.57 Å². The molecule has 0 unspecified atom stereocenters. The zero-order valence-electron chi connectivity index (χ0n) is 15.9. The Kier molecular flexibility index (Phi) is 4.39. The van der Waals surface area contributed by atoms with Gasteiger partial charge in [0, 0.05) is 32.4 Å². The predicted octanol–water partition coefficient (Wildman–Crippen LogP) is 7.21. The minimum Gasteiger partial charge on any atom is -0.329 e. The number of para-hydroxylation sites is 2. The van der Waals surface area contributed by atoms with Gasteiger partial charge in [0.1, 0.15) is 0 Å². The topological polar surface area (TPSA) is 4.93 Å². The van der Waals surface area contributed by atoms with E-state index in [0.717, 1.165) is 6.42 Å². The molecule has 5 aromatic rings. The molecule has 2 aromatic heterocycles. The summed E-state index contributed by atoms with van der Waals surface area (Å²) in [4.78, 5) is 0. The molecule has 28 heavy (non-hydrogen) atoms. The van der Waals surface area contributed by atoms with Gasteiger partial charge < -0.3 is 4.57 Å². The van der Waals surface area contributed by atoms with Gasteiger partial charge >= 0.3 is 0 Å². The van der Waals surface area contributed by atoms with Gasteiger partial charge in [0.25, 0.3) is 0 Å². The summed E-state index contributed by atoms with van der Waals surface area (Å²) in [6.45, 7) is 2.94. The van der Waals surface area contributed by atoms with Crippen LogP contribution < -0.4 is 0 Å². The molecule has 3 aromatic carbocycles. The number of hydrogen-bond donors (Lipinski definition) is 0. The van der Waals surface area contributed by atoms with E-state index in [4.69, 9.17) is 0 Å². The fraction of sp³-hybridized carbons (Fsp3) is 0.154. The van der Waals surface area contributed by atoms with Gasteiger partial charge in [0.2, 0.25) is 0 Å². The number of fused-ring (bicyclic) bond motifs is 4. The van der Waals surface area contributed by atoms with Crippen LogP contribution in [-0.2, 0) is 6.54 Å². The van der Waals surface area contributed by atoms with Crippen molar-refractivity contribution >= 4 is 43.2 Å². The highest BCUT2D eigenvalue weighted by atomic mass is 32.1. The molecule has 0 aliphatic heterocycles. The van der Waals surface area contributed by atoms with E-state index in [2.05, 4.69) is 102 Å². The summed E-state index contributed by atoms with van der Waals surface area (Å²) in [5, 5.41) is 6.24. The fourth-order valence-corrected chi connectivity index (χ4v) is 5.10. The van der Waals surface area contributed by atoms with Gasteiger partial charge in [-0.15, -0.1) is 11.3 Å². The van der Waals surface area contributed by atoms with Gasteiger partial charge in [-0.1, -0.05) is 73.4 Å². The minimum absolute atomic E-state index is 0.282. The smallest absolute Gasteiger partial charge is 0.0843 e. The van der Waals surface area contributed by atoms with Gasteiger partial charge in [-0.05, 0) is 40.9 Å².